The first-order chi connectivity index (χ1) is 9.10. The second-order valence-electron chi connectivity index (χ2n) is 5.37. The monoisotopic (exact) mass is 326 g/mol. The van der Waals surface area contributed by atoms with Gasteiger partial charge in [-0.25, -0.2) is 0 Å². The van der Waals surface area contributed by atoms with E-state index in [1.165, 1.54) is 38.0 Å². The Kier molecular flexibility index (Phi) is 5.25. The number of hydrogen-bond acceptors (Lipinski definition) is 3. The average molecular weight is 327 g/mol. The van der Waals surface area contributed by atoms with E-state index in [4.69, 9.17) is 0 Å². The summed E-state index contributed by atoms with van der Waals surface area (Å²) in [5.74, 6) is 0.308. The van der Waals surface area contributed by atoms with E-state index in [0.29, 0.717) is 11.8 Å². The minimum atomic E-state index is 0.308. The summed E-state index contributed by atoms with van der Waals surface area (Å²) >= 11 is 3.37. The third-order valence-corrected chi connectivity index (χ3v) is 4.71. The molecule has 106 valence electrons. The maximum Gasteiger partial charge on any atom is 0.129 e. The molecule has 3 nitrogen and oxygen atoms in total. The lowest BCUT2D eigenvalue weighted by Gasteiger charge is -2.36. The summed E-state index contributed by atoms with van der Waals surface area (Å²) in [5, 5.41) is 9.52. The predicted octanol–water partition coefficient (Wildman–Crippen LogP) is 3.07. The van der Waals surface area contributed by atoms with Gasteiger partial charge in [0.15, 0.2) is 0 Å². The zero-order chi connectivity index (χ0) is 13.8. The maximum atomic E-state index is 9.52. The van der Waals surface area contributed by atoms with Crippen LogP contribution in [0.25, 0.3) is 0 Å². The zero-order valence-corrected chi connectivity index (χ0v) is 13.4. The number of rotatable bonds is 4. The Balaban J connectivity index is 1.90. The van der Waals surface area contributed by atoms with Gasteiger partial charge in [0.1, 0.15) is 5.75 Å². The highest BCUT2D eigenvalue weighted by Crippen LogP contribution is 2.25. The van der Waals surface area contributed by atoms with Crippen LogP contribution in [-0.4, -0.2) is 47.6 Å². The Morgan fingerprint density at radius 3 is 2.63 bits per heavy atom. The van der Waals surface area contributed by atoms with Gasteiger partial charge in [-0.3, -0.25) is 4.90 Å². The van der Waals surface area contributed by atoms with E-state index in [1.807, 2.05) is 12.1 Å². The molecule has 1 aromatic rings. The molecule has 1 heterocycles. The summed E-state index contributed by atoms with van der Waals surface area (Å²) in [7, 11) is 2.20. The summed E-state index contributed by atoms with van der Waals surface area (Å²) in [6, 6.07) is 6.44. The fourth-order valence-electron chi connectivity index (χ4n) is 2.74. The molecule has 0 amide bonds. The number of phenols is 1. The molecule has 1 N–H and O–H groups in total. The molecular formula is C15H23BrN2O. The van der Waals surface area contributed by atoms with Crippen LogP contribution in [0, 0.1) is 0 Å². The lowest BCUT2D eigenvalue weighted by molar-refractivity contribution is 0.127. The van der Waals surface area contributed by atoms with Gasteiger partial charge in [0.25, 0.3) is 0 Å². The summed E-state index contributed by atoms with van der Waals surface area (Å²) in [6.45, 7) is 6.77. The van der Waals surface area contributed by atoms with E-state index < -0.39 is 0 Å². The largest absolute Gasteiger partial charge is 0.507 e. The van der Waals surface area contributed by atoms with E-state index >= 15 is 0 Å². The molecule has 0 spiro atoms. The summed E-state index contributed by atoms with van der Waals surface area (Å²) in [6.07, 6.45) is 2.51. The van der Waals surface area contributed by atoms with Crippen LogP contribution in [0.1, 0.15) is 25.3 Å². The average Bonchev–Trinajstić information content (AvgIpc) is 2.43. The Bertz CT molecular complexity index is 417. The Hall–Kier alpha value is -0.580. The van der Waals surface area contributed by atoms with Crippen LogP contribution in [0.5, 0.6) is 5.75 Å². The molecule has 0 bridgehead atoms. The van der Waals surface area contributed by atoms with Crippen LogP contribution < -0.4 is 0 Å². The van der Waals surface area contributed by atoms with Crippen molar-refractivity contribution in [3.05, 3.63) is 28.2 Å². The molecule has 1 saturated heterocycles. The van der Waals surface area contributed by atoms with Crippen molar-refractivity contribution in [3.63, 3.8) is 0 Å². The summed E-state index contributed by atoms with van der Waals surface area (Å²) < 4.78 is 0.777. The maximum absolute atomic E-state index is 9.52. The lowest BCUT2D eigenvalue weighted by atomic mass is 10.0. The Labute approximate surface area is 124 Å². The molecule has 2 rings (SSSR count). The quantitative estimate of drug-likeness (QED) is 0.921. The third kappa shape index (κ3) is 3.94. The van der Waals surface area contributed by atoms with E-state index in [2.05, 4.69) is 39.7 Å². The van der Waals surface area contributed by atoms with E-state index in [9.17, 15) is 5.11 Å². The number of benzene rings is 1. The molecule has 4 heteroatoms. The van der Waals surface area contributed by atoms with E-state index in [1.54, 1.807) is 6.07 Å². The van der Waals surface area contributed by atoms with Crippen LogP contribution >= 0.6 is 15.9 Å². The predicted molar refractivity (Wildman–Crippen MR) is 82.4 cm³/mol. The minimum Gasteiger partial charge on any atom is -0.507 e. The SMILES string of the molecule is CCN1CCC(N(C)Cc2ccc(O)c(Br)c2)CC1. The first-order valence-electron chi connectivity index (χ1n) is 7.00. The first kappa shape index (κ1) is 14.8. The topological polar surface area (TPSA) is 26.7 Å². The number of phenolic OH excluding ortho intramolecular Hbond substituents is 1. The second kappa shape index (κ2) is 6.73. The van der Waals surface area contributed by atoms with E-state index in [0.717, 1.165) is 11.0 Å². The van der Waals surface area contributed by atoms with Gasteiger partial charge in [-0.1, -0.05) is 13.0 Å². The van der Waals surface area contributed by atoms with Crippen molar-refractivity contribution in [3.8, 4) is 5.75 Å². The molecular weight excluding hydrogens is 304 g/mol. The molecule has 1 aromatic carbocycles. The lowest BCUT2D eigenvalue weighted by Crippen LogP contribution is -2.42. The number of piperidine rings is 1. The van der Waals surface area contributed by atoms with E-state index in [-0.39, 0.29) is 0 Å². The molecule has 1 aliphatic heterocycles. The van der Waals surface area contributed by atoms with Crippen LogP contribution in [0.3, 0.4) is 0 Å². The van der Waals surface area contributed by atoms with Crippen molar-refractivity contribution >= 4 is 15.9 Å². The minimum absolute atomic E-state index is 0.308. The number of hydrogen-bond donors (Lipinski definition) is 1. The molecule has 0 saturated carbocycles. The number of likely N-dealkylation sites (tertiary alicyclic amines) is 1. The highest BCUT2D eigenvalue weighted by atomic mass is 79.9. The van der Waals surface area contributed by atoms with Gasteiger partial charge < -0.3 is 10.0 Å². The Morgan fingerprint density at radius 2 is 2.05 bits per heavy atom. The fraction of sp³-hybridized carbons (Fsp3) is 0.600. The highest BCUT2D eigenvalue weighted by molar-refractivity contribution is 9.10. The van der Waals surface area contributed by atoms with Crippen LogP contribution in [-0.2, 0) is 6.54 Å². The number of nitrogens with zero attached hydrogens (tertiary/aromatic N) is 2. The van der Waals surface area contributed by atoms with Gasteiger partial charge >= 0.3 is 0 Å². The standard InChI is InChI=1S/C15H23BrN2O/c1-3-18-8-6-13(7-9-18)17(2)11-12-4-5-15(19)14(16)10-12/h4-5,10,13,19H,3,6-9,11H2,1-2H3. The van der Waals surface area contributed by atoms with Crippen molar-refractivity contribution in [2.75, 3.05) is 26.7 Å². The number of aromatic hydroxyl groups is 1. The van der Waals surface area contributed by atoms with Crippen molar-refractivity contribution in [2.24, 2.45) is 0 Å². The second-order valence-corrected chi connectivity index (χ2v) is 6.22. The van der Waals surface area contributed by atoms with Crippen molar-refractivity contribution < 1.29 is 5.11 Å². The van der Waals surface area contributed by atoms with Crippen molar-refractivity contribution in [2.45, 2.75) is 32.4 Å². The molecule has 19 heavy (non-hydrogen) atoms. The zero-order valence-electron chi connectivity index (χ0n) is 11.8. The highest BCUT2D eigenvalue weighted by Gasteiger charge is 2.21. The molecule has 0 aromatic heterocycles. The van der Waals surface area contributed by atoms with Gasteiger partial charge in [-0.15, -0.1) is 0 Å². The molecule has 1 fully saturated rings. The fourth-order valence-corrected chi connectivity index (χ4v) is 3.17. The summed E-state index contributed by atoms with van der Waals surface area (Å²) in [5.41, 5.74) is 1.24. The van der Waals surface area contributed by atoms with Gasteiger partial charge in [-0.05, 0) is 73.1 Å². The van der Waals surface area contributed by atoms with Gasteiger partial charge in [0.2, 0.25) is 0 Å². The molecule has 0 unspecified atom stereocenters. The molecule has 0 aliphatic carbocycles. The van der Waals surface area contributed by atoms with Crippen molar-refractivity contribution in [1.29, 1.82) is 0 Å². The van der Waals surface area contributed by atoms with Gasteiger partial charge in [-0.2, -0.15) is 0 Å². The molecule has 0 atom stereocenters. The van der Waals surface area contributed by atoms with Crippen LogP contribution in [0.4, 0.5) is 0 Å². The third-order valence-electron chi connectivity index (χ3n) is 4.07. The van der Waals surface area contributed by atoms with Gasteiger partial charge in [0, 0.05) is 12.6 Å². The summed E-state index contributed by atoms with van der Waals surface area (Å²) in [4.78, 5) is 4.95. The molecule has 0 radical (unpaired) electrons. The number of halogens is 1. The normalized spacial score (nSPS) is 18.1. The van der Waals surface area contributed by atoms with Crippen LogP contribution in [0.15, 0.2) is 22.7 Å². The Morgan fingerprint density at radius 1 is 1.37 bits per heavy atom. The molecule has 1 aliphatic rings. The first-order valence-corrected chi connectivity index (χ1v) is 7.79. The smallest absolute Gasteiger partial charge is 0.129 e. The van der Waals surface area contributed by atoms with Crippen LogP contribution in [0.2, 0.25) is 0 Å². The van der Waals surface area contributed by atoms with Gasteiger partial charge in [0.05, 0.1) is 4.47 Å². The van der Waals surface area contributed by atoms with Crippen molar-refractivity contribution in [1.82, 2.24) is 9.80 Å².